The molecule has 2 rings (SSSR count). The SMILES string of the molecule is CN1[C@H]2CCCC[C@@H]2N(C)P1(O)=S. The molecule has 1 aliphatic heterocycles. The molecule has 2 fully saturated rings. The molecular formula is C8H17N2OPS. The van der Waals surface area contributed by atoms with Gasteiger partial charge in [-0.05, 0) is 38.7 Å². The van der Waals surface area contributed by atoms with Crippen molar-refractivity contribution < 1.29 is 4.89 Å². The molecule has 0 bridgehead atoms. The van der Waals surface area contributed by atoms with E-state index in [4.69, 9.17) is 11.8 Å². The molecule has 0 spiro atoms. The van der Waals surface area contributed by atoms with Gasteiger partial charge in [0.25, 0.3) is 0 Å². The van der Waals surface area contributed by atoms with Gasteiger partial charge in [0.15, 0.2) is 0 Å². The van der Waals surface area contributed by atoms with E-state index in [1.165, 1.54) is 25.7 Å². The quantitative estimate of drug-likeness (QED) is 0.624. The molecule has 2 atom stereocenters. The van der Waals surface area contributed by atoms with Crippen LogP contribution in [0.4, 0.5) is 0 Å². The molecule has 0 radical (unpaired) electrons. The minimum Gasteiger partial charge on any atom is -0.342 e. The van der Waals surface area contributed by atoms with Crippen LogP contribution in [0.25, 0.3) is 0 Å². The summed E-state index contributed by atoms with van der Waals surface area (Å²) in [5.41, 5.74) is 0. The summed E-state index contributed by atoms with van der Waals surface area (Å²) in [4.78, 5) is 10.1. The van der Waals surface area contributed by atoms with E-state index in [0.717, 1.165) is 0 Å². The van der Waals surface area contributed by atoms with E-state index in [1.54, 1.807) is 0 Å². The van der Waals surface area contributed by atoms with Gasteiger partial charge in [0.2, 0.25) is 6.57 Å². The van der Waals surface area contributed by atoms with Crippen LogP contribution in [-0.2, 0) is 11.8 Å². The summed E-state index contributed by atoms with van der Waals surface area (Å²) in [7, 11) is 3.96. The first kappa shape index (κ1) is 10.1. The zero-order valence-corrected chi connectivity index (χ0v) is 9.89. The zero-order valence-electron chi connectivity index (χ0n) is 8.18. The van der Waals surface area contributed by atoms with Gasteiger partial charge in [0.05, 0.1) is 0 Å². The minimum atomic E-state index is -2.33. The predicted octanol–water partition coefficient (Wildman–Crippen LogP) is 1.39. The smallest absolute Gasteiger partial charge is 0.200 e. The lowest BCUT2D eigenvalue weighted by Gasteiger charge is -2.28. The van der Waals surface area contributed by atoms with E-state index in [1.807, 2.05) is 23.4 Å². The Morgan fingerprint density at radius 1 is 1.15 bits per heavy atom. The maximum atomic E-state index is 10.1. The van der Waals surface area contributed by atoms with Gasteiger partial charge >= 0.3 is 0 Å². The van der Waals surface area contributed by atoms with Gasteiger partial charge in [-0.3, -0.25) is 0 Å². The van der Waals surface area contributed by atoms with Crippen molar-refractivity contribution in [2.75, 3.05) is 14.1 Å². The van der Waals surface area contributed by atoms with Crippen molar-refractivity contribution in [2.45, 2.75) is 37.8 Å². The van der Waals surface area contributed by atoms with Gasteiger partial charge in [-0.15, -0.1) is 0 Å². The normalized spacial score (nSPS) is 40.5. The highest BCUT2D eigenvalue weighted by molar-refractivity contribution is 8.09. The van der Waals surface area contributed by atoms with Crippen LogP contribution in [0.1, 0.15) is 25.7 Å². The second-order valence-electron chi connectivity index (χ2n) is 4.08. The van der Waals surface area contributed by atoms with Crippen molar-refractivity contribution in [2.24, 2.45) is 0 Å². The maximum Gasteiger partial charge on any atom is 0.200 e. The molecular weight excluding hydrogens is 203 g/mol. The Hall–Kier alpha value is 0.530. The topological polar surface area (TPSA) is 26.7 Å². The summed E-state index contributed by atoms with van der Waals surface area (Å²) in [6, 6.07) is 1.02. The van der Waals surface area contributed by atoms with Crippen LogP contribution in [0.5, 0.6) is 0 Å². The van der Waals surface area contributed by atoms with Crippen molar-refractivity contribution in [3.05, 3.63) is 0 Å². The van der Waals surface area contributed by atoms with Crippen LogP contribution in [0, 0.1) is 0 Å². The van der Waals surface area contributed by atoms with Crippen LogP contribution < -0.4 is 0 Å². The van der Waals surface area contributed by atoms with Gasteiger partial charge < -0.3 is 4.89 Å². The van der Waals surface area contributed by atoms with Crippen molar-refractivity contribution in [1.29, 1.82) is 0 Å². The average Bonchev–Trinajstić information content (AvgIpc) is 2.30. The first-order valence-electron chi connectivity index (χ1n) is 4.84. The van der Waals surface area contributed by atoms with Gasteiger partial charge in [-0.2, -0.15) is 0 Å². The molecule has 1 aliphatic carbocycles. The van der Waals surface area contributed by atoms with E-state index in [9.17, 15) is 4.89 Å². The summed E-state index contributed by atoms with van der Waals surface area (Å²) >= 11 is 5.29. The molecule has 76 valence electrons. The lowest BCUT2D eigenvalue weighted by molar-refractivity contribution is 0.233. The summed E-state index contributed by atoms with van der Waals surface area (Å²) < 4.78 is 4.10. The second-order valence-corrected chi connectivity index (χ2v) is 7.84. The van der Waals surface area contributed by atoms with Gasteiger partial charge in [-0.1, -0.05) is 12.8 Å². The third kappa shape index (κ3) is 1.40. The number of likely N-dealkylation sites (N-methyl/N-ethyl adjacent to an activating group) is 2. The Morgan fingerprint density at radius 2 is 1.54 bits per heavy atom. The predicted molar refractivity (Wildman–Crippen MR) is 58.1 cm³/mol. The third-order valence-electron chi connectivity index (χ3n) is 3.48. The van der Waals surface area contributed by atoms with E-state index in [2.05, 4.69) is 0 Å². The molecule has 13 heavy (non-hydrogen) atoms. The van der Waals surface area contributed by atoms with E-state index in [0.29, 0.717) is 12.1 Å². The average molecular weight is 220 g/mol. The fraction of sp³-hybridized carbons (Fsp3) is 1.00. The Bertz CT molecular complexity index is 239. The largest absolute Gasteiger partial charge is 0.342 e. The Kier molecular flexibility index (Phi) is 2.54. The number of hydrogen-bond donors (Lipinski definition) is 1. The Balaban J connectivity index is 2.28. The molecule has 0 aromatic heterocycles. The fourth-order valence-corrected chi connectivity index (χ4v) is 5.06. The number of nitrogens with zero attached hydrogens (tertiary/aromatic N) is 2. The molecule has 0 aromatic carbocycles. The van der Waals surface area contributed by atoms with Crippen LogP contribution in [0.2, 0.25) is 0 Å². The first-order valence-corrected chi connectivity index (χ1v) is 7.50. The van der Waals surface area contributed by atoms with Crippen LogP contribution in [0.3, 0.4) is 0 Å². The highest BCUT2D eigenvalue weighted by atomic mass is 32.5. The van der Waals surface area contributed by atoms with Crippen LogP contribution in [0.15, 0.2) is 0 Å². The molecule has 1 saturated heterocycles. The Morgan fingerprint density at radius 3 is 1.92 bits per heavy atom. The number of fused-ring (bicyclic) bond motifs is 1. The molecule has 3 nitrogen and oxygen atoms in total. The lowest BCUT2D eigenvalue weighted by Crippen LogP contribution is -2.37. The molecule has 5 heteroatoms. The molecule has 0 amide bonds. The van der Waals surface area contributed by atoms with Gasteiger partial charge in [-0.25, -0.2) is 9.34 Å². The van der Waals surface area contributed by atoms with Gasteiger partial charge in [0.1, 0.15) is 0 Å². The van der Waals surface area contributed by atoms with E-state index in [-0.39, 0.29) is 0 Å². The monoisotopic (exact) mass is 220 g/mol. The molecule has 1 N–H and O–H groups in total. The molecule has 0 aromatic rings. The third-order valence-corrected chi connectivity index (χ3v) is 7.26. The highest BCUT2D eigenvalue weighted by Gasteiger charge is 2.47. The van der Waals surface area contributed by atoms with Crippen molar-refractivity contribution >= 4 is 18.4 Å². The lowest BCUT2D eigenvalue weighted by atomic mass is 9.91. The molecule has 0 unspecified atom stereocenters. The zero-order chi connectivity index (χ0) is 9.64. The van der Waals surface area contributed by atoms with Crippen LogP contribution >= 0.6 is 6.57 Å². The highest BCUT2D eigenvalue weighted by Crippen LogP contribution is 2.58. The summed E-state index contributed by atoms with van der Waals surface area (Å²) in [6.07, 6.45) is 4.97. The maximum absolute atomic E-state index is 10.1. The minimum absolute atomic E-state index is 0.509. The Labute approximate surface area is 84.9 Å². The van der Waals surface area contributed by atoms with E-state index >= 15 is 0 Å². The summed E-state index contributed by atoms with van der Waals surface area (Å²) in [5.74, 6) is 0. The molecule has 1 saturated carbocycles. The van der Waals surface area contributed by atoms with Crippen molar-refractivity contribution in [1.82, 2.24) is 9.34 Å². The number of hydrogen-bond acceptors (Lipinski definition) is 1. The number of rotatable bonds is 0. The van der Waals surface area contributed by atoms with Crippen LogP contribution in [-0.4, -0.2) is 40.4 Å². The first-order chi connectivity index (χ1) is 6.05. The molecule has 2 aliphatic rings. The fourth-order valence-electron chi connectivity index (χ4n) is 2.57. The summed E-state index contributed by atoms with van der Waals surface area (Å²) in [6.45, 7) is -2.33. The standard InChI is InChI=1S/C8H17N2OPS/c1-9-7-5-3-4-6-8(7)10(2)12(9,11)13/h7-8H,3-6H2,1-2H3,(H,11,13)/t7-,8-/m0/s1. The van der Waals surface area contributed by atoms with Crippen molar-refractivity contribution in [3.63, 3.8) is 0 Å². The van der Waals surface area contributed by atoms with Gasteiger partial charge in [0, 0.05) is 12.1 Å². The molecule has 1 heterocycles. The van der Waals surface area contributed by atoms with Crippen molar-refractivity contribution in [3.8, 4) is 0 Å². The summed E-state index contributed by atoms with van der Waals surface area (Å²) in [5, 5.41) is 0. The second kappa shape index (κ2) is 3.28. The van der Waals surface area contributed by atoms with E-state index < -0.39 is 6.57 Å².